The molecule has 0 heterocycles. The average Bonchev–Trinajstić information content (AvgIpc) is 3.09. The second kappa shape index (κ2) is 5.60. The van der Waals surface area contributed by atoms with Crippen molar-refractivity contribution in [2.24, 2.45) is 11.8 Å². The van der Waals surface area contributed by atoms with Crippen LogP contribution in [-0.4, -0.2) is 25.3 Å². The molecule has 0 amide bonds. The topological polar surface area (TPSA) is 24.5 Å². The zero-order valence-corrected chi connectivity index (χ0v) is 13.0. The Hall–Kier alpha value is -1.29. The summed E-state index contributed by atoms with van der Waals surface area (Å²) in [5, 5.41) is 4.36. The van der Waals surface area contributed by atoms with Crippen molar-refractivity contribution in [3.05, 3.63) is 24.3 Å². The summed E-state index contributed by atoms with van der Waals surface area (Å²) in [7, 11) is 3.69. The van der Waals surface area contributed by atoms with Crippen LogP contribution >= 0.6 is 12.2 Å². The highest BCUT2D eigenvalue weighted by Crippen LogP contribution is 2.44. The molecular weight excluding hydrogens is 268 g/mol. The van der Waals surface area contributed by atoms with Crippen LogP contribution in [-0.2, 0) is 0 Å². The van der Waals surface area contributed by atoms with Gasteiger partial charge in [-0.05, 0) is 55.4 Å². The van der Waals surface area contributed by atoms with E-state index in [9.17, 15) is 0 Å². The Labute approximate surface area is 126 Å². The van der Waals surface area contributed by atoms with Gasteiger partial charge >= 0.3 is 0 Å². The monoisotopic (exact) mass is 290 g/mol. The normalized spacial score (nSPS) is 27.4. The van der Waals surface area contributed by atoms with Gasteiger partial charge in [-0.15, -0.1) is 0 Å². The van der Waals surface area contributed by atoms with Gasteiger partial charge in [0.1, 0.15) is 5.75 Å². The molecule has 2 aliphatic rings. The van der Waals surface area contributed by atoms with Gasteiger partial charge in [0.2, 0.25) is 0 Å². The van der Waals surface area contributed by atoms with E-state index in [-0.39, 0.29) is 0 Å². The number of benzene rings is 1. The van der Waals surface area contributed by atoms with Crippen molar-refractivity contribution in [3.8, 4) is 5.75 Å². The molecule has 2 bridgehead atoms. The Morgan fingerprint density at radius 2 is 2.10 bits per heavy atom. The van der Waals surface area contributed by atoms with Gasteiger partial charge in [0.15, 0.2) is 5.11 Å². The second-order valence-corrected chi connectivity index (χ2v) is 6.35. The van der Waals surface area contributed by atoms with Gasteiger partial charge in [-0.3, -0.25) is 0 Å². The fraction of sp³-hybridized carbons (Fsp3) is 0.562. The molecule has 3 rings (SSSR count). The van der Waals surface area contributed by atoms with Crippen molar-refractivity contribution in [2.75, 3.05) is 19.1 Å². The zero-order chi connectivity index (χ0) is 14.1. The first-order chi connectivity index (χ1) is 9.69. The van der Waals surface area contributed by atoms with Crippen LogP contribution in [0.2, 0.25) is 0 Å². The first kappa shape index (κ1) is 13.7. The van der Waals surface area contributed by atoms with Gasteiger partial charge in [0.25, 0.3) is 0 Å². The highest BCUT2D eigenvalue weighted by Gasteiger charge is 2.39. The molecule has 0 radical (unpaired) electrons. The number of anilines is 1. The first-order valence-electron chi connectivity index (χ1n) is 7.36. The van der Waals surface area contributed by atoms with Gasteiger partial charge in [0, 0.05) is 13.1 Å². The molecular formula is C16H22N2OS. The lowest BCUT2D eigenvalue weighted by Gasteiger charge is -2.29. The molecule has 0 aliphatic heterocycles. The van der Waals surface area contributed by atoms with Gasteiger partial charge in [-0.2, -0.15) is 0 Å². The van der Waals surface area contributed by atoms with E-state index in [0.717, 1.165) is 28.4 Å². The summed E-state index contributed by atoms with van der Waals surface area (Å²) in [4.78, 5) is 2.01. The number of nitrogens with one attached hydrogen (secondary N) is 1. The maximum Gasteiger partial charge on any atom is 0.173 e. The number of hydrogen-bond donors (Lipinski definition) is 1. The zero-order valence-electron chi connectivity index (χ0n) is 12.1. The molecule has 0 aromatic heterocycles. The molecule has 20 heavy (non-hydrogen) atoms. The number of ether oxygens (including phenoxy) is 1. The number of rotatable bonds is 3. The molecule has 4 heteroatoms. The summed E-state index contributed by atoms with van der Waals surface area (Å²) in [5.41, 5.74) is 1.01. The van der Waals surface area contributed by atoms with Crippen LogP contribution in [0.4, 0.5) is 5.69 Å². The molecule has 3 atom stereocenters. The molecule has 0 saturated heterocycles. The van der Waals surface area contributed by atoms with Crippen LogP contribution in [0.15, 0.2) is 24.3 Å². The largest absolute Gasteiger partial charge is 0.495 e. The van der Waals surface area contributed by atoms with Crippen LogP contribution < -0.4 is 15.0 Å². The molecule has 1 aromatic rings. The van der Waals surface area contributed by atoms with E-state index in [1.54, 1.807) is 7.11 Å². The van der Waals surface area contributed by atoms with E-state index in [0.29, 0.717) is 6.04 Å². The summed E-state index contributed by atoms with van der Waals surface area (Å²) in [6.45, 7) is 0. The fourth-order valence-electron chi connectivity index (χ4n) is 3.69. The number of fused-ring (bicyclic) bond motifs is 2. The van der Waals surface area contributed by atoms with Crippen molar-refractivity contribution in [2.45, 2.75) is 31.7 Å². The number of nitrogens with zero attached hydrogens (tertiary/aromatic N) is 1. The maximum absolute atomic E-state index is 5.58. The van der Waals surface area contributed by atoms with Crippen molar-refractivity contribution < 1.29 is 4.74 Å². The Morgan fingerprint density at radius 1 is 1.30 bits per heavy atom. The smallest absolute Gasteiger partial charge is 0.173 e. The molecule has 3 unspecified atom stereocenters. The molecule has 1 N–H and O–H groups in total. The quantitative estimate of drug-likeness (QED) is 0.864. The Bertz CT molecular complexity index is 505. The van der Waals surface area contributed by atoms with Gasteiger partial charge in [-0.1, -0.05) is 18.6 Å². The minimum Gasteiger partial charge on any atom is -0.495 e. The van der Waals surface area contributed by atoms with Crippen LogP contribution in [0.1, 0.15) is 25.7 Å². The van der Waals surface area contributed by atoms with Crippen LogP contribution in [0.5, 0.6) is 5.75 Å². The first-order valence-corrected chi connectivity index (χ1v) is 7.77. The van der Waals surface area contributed by atoms with E-state index >= 15 is 0 Å². The highest BCUT2D eigenvalue weighted by atomic mass is 32.1. The molecule has 1 aromatic carbocycles. The van der Waals surface area contributed by atoms with Crippen molar-refractivity contribution in [1.29, 1.82) is 0 Å². The lowest BCUT2D eigenvalue weighted by Crippen LogP contribution is -2.45. The summed E-state index contributed by atoms with van der Waals surface area (Å²) < 4.78 is 5.41. The number of thiocarbonyl (C=S) groups is 1. The predicted molar refractivity (Wildman–Crippen MR) is 86.4 cm³/mol. The van der Waals surface area contributed by atoms with E-state index in [1.807, 2.05) is 36.2 Å². The molecule has 2 fully saturated rings. The predicted octanol–water partition coefficient (Wildman–Crippen LogP) is 3.19. The Morgan fingerprint density at radius 3 is 2.75 bits per heavy atom. The van der Waals surface area contributed by atoms with Crippen LogP contribution in [0.25, 0.3) is 0 Å². The second-order valence-electron chi connectivity index (χ2n) is 5.96. The van der Waals surface area contributed by atoms with E-state index in [1.165, 1.54) is 25.7 Å². The summed E-state index contributed by atoms with van der Waals surface area (Å²) >= 11 is 5.58. The number of para-hydroxylation sites is 2. The van der Waals surface area contributed by atoms with Crippen LogP contribution in [0, 0.1) is 11.8 Å². The van der Waals surface area contributed by atoms with E-state index in [2.05, 4.69) is 5.32 Å². The van der Waals surface area contributed by atoms with E-state index < -0.39 is 0 Å². The SMILES string of the molecule is COc1ccccc1N(C)C(=S)NC1CC2CCC1C2. The molecule has 0 spiro atoms. The maximum atomic E-state index is 5.58. The summed E-state index contributed by atoms with van der Waals surface area (Å²) in [6, 6.07) is 8.55. The van der Waals surface area contributed by atoms with Gasteiger partial charge in [-0.25, -0.2) is 0 Å². The standard InChI is InChI=1S/C16H22N2OS/c1-18(14-5-3-4-6-15(14)19-2)16(20)17-13-10-11-7-8-12(13)9-11/h3-6,11-13H,7-10H2,1-2H3,(H,17,20). The summed E-state index contributed by atoms with van der Waals surface area (Å²) in [5.74, 6) is 2.60. The third-order valence-corrected chi connectivity index (χ3v) is 5.19. The van der Waals surface area contributed by atoms with E-state index in [4.69, 9.17) is 17.0 Å². The molecule has 3 nitrogen and oxygen atoms in total. The van der Waals surface area contributed by atoms with Gasteiger partial charge in [0.05, 0.1) is 12.8 Å². The summed E-state index contributed by atoms with van der Waals surface area (Å²) in [6.07, 6.45) is 5.45. The fourth-order valence-corrected chi connectivity index (χ4v) is 3.94. The lowest BCUT2D eigenvalue weighted by molar-refractivity contribution is 0.390. The Kier molecular flexibility index (Phi) is 3.83. The number of methoxy groups -OCH3 is 1. The van der Waals surface area contributed by atoms with Crippen molar-refractivity contribution in [3.63, 3.8) is 0 Å². The molecule has 2 aliphatic carbocycles. The van der Waals surface area contributed by atoms with Gasteiger partial charge < -0.3 is 15.0 Å². The molecule has 108 valence electrons. The molecule has 2 saturated carbocycles. The third kappa shape index (κ3) is 2.49. The lowest BCUT2D eigenvalue weighted by atomic mass is 9.95. The van der Waals surface area contributed by atoms with Crippen molar-refractivity contribution in [1.82, 2.24) is 5.32 Å². The average molecular weight is 290 g/mol. The number of hydrogen-bond acceptors (Lipinski definition) is 2. The highest BCUT2D eigenvalue weighted by molar-refractivity contribution is 7.80. The van der Waals surface area contributed by atoms with Crippen molar-refractivity contribution >= 4 is 23.0 Å². The third-order valence-electron chi connectivity index (χ3n) is 4.80. The van der Waals surface area contributed by atoms with Crippen LogP contribution in [0.3, 0.4) is 0 Å². The minimum absolute atomic E-state index is 0.568. The minimum atomic E-state index is 0.568. The Balaban J connectivity index is 1.67.